The van der Waals surface area contributed by atoms with E-state index in [1.807, 2.05) is 13.8 Å². The van der Waals surface area contributed by atoms with E-state index in [4.69, 9.17) is 0 Å². The third-order valence-electron chi connectivity index (χ3n) is 2.64. The average Bonchev–Trinajstić information content (AvgIpc) is 2.26. The second kappa shape index (κ2) is 5.78. The molecular weight excluding hydrogens is 249 g/mol. The zero-order valence-electron chi connectivity index (χ0n) is 9.66. The van der Waals surface area contributed by atoms with E-state index < -0.39 is 11.6 Å². The number of halogens is 3. The lowest BCUT2D eigenvalue weighted by Gasteiger charge is -2.17. The minimum absolute atomic E-state index is 0.0936. The summed E-state index contributed by atoms with van der Waals surface area (Å²) in [7, 11) is 0. The van der Waals surface area contributed by atoms with Crippen LogP contribution in [-0.2, 0) is 0 Å². The zero-order valence-corrected chi connectivity index (χ0v) is 10.5. The Morgan fingerprint density at radius 1 is 1.24 bits per heavy atom. The van der Waals surface area contributed by atoms with Crippen molar-refractivity contribution in [1.82, 2.24) is 0 Å². The van der Waals surface area contributed by atoms with Crippen molar-refractivity contribution in [2.24, 2.45) is 5.92 Å². The molecule has 0 aromatic heterocycles. The van der Waals surface area contributed by atoms with Gasteiger partial charge in [-0.2, -0.15) is 13.2 Å². The van der Waals surface area contributed by atoms with E-state index in [9.17, 15) is 18.3 Å². The first kappa shape index (κ1) is 14.4. The molecule has 0 aliphatic rings. The maximum Gasteiger partial charge on any atom is 0.446 e. The van der Waals surface area contributed by atoms with Crippen molar-refractivity contribution in [1.29, 1.82) is 0 Å². The quantitative estimate of drug-likeness (QED) is 0.814. The first-order chi connectivity index (χ1) is 7.83. The summed E-state index contributed by atoms with van der Waals surface area (Å²) in [5.74, 6) is 0.0936. The molecule has 0 spiro atoms. The van der Waals surface area contributed by atoms with Gasteiger partial charge in [-0.1, -0.05) is 32.4 Å². The minimum Gasteiger partial charge on any atom is -0.388 e. The summed E-state index contributed by atoms with van der Waals surface area (Å²) in [6.45, 7) is 3.87. The highest BCUT2D eigenvalue weighted by Crippen LogP contribution is 2.37. The van der Waals surface area contributed by atoms with E-state index in [1.165, 1.54) is 12.1 Å². The topological polar surface area (TPSA) is 20.2 Å². The van der Waals surface area contributed by atoms with Gasteiger partial charge in [0, 0.05) is 4.90 Å². The normalized spacial score (nSPS) is 15.6. The molecule has 0 saturated carbocycles. The second-order valence-corrected chi connectivity index (χ2v) is 5.09. The van der Waals surface area contributed by atoms with E-state index in [1.54, 1.807) is 12.1 Å². The zero-order chi connectivity index (χ0) is 13.1. The standard InChI is InChI=1S/C12H15F3OS/c1-3-8(2)11(16)9-4-6-10(7-5-9)17-12(13,14)15/h4-8,11,16H,3H2,1-2H3. The Bertz CT molecular complexity index is 348. The first-order valence-electron chi connectivity index (χ1n) is 5.37. The Morgan fingerprint density at radius 3 is 2.18 bits per heavy atom. The summed E-state index contributed by atoms with van der Waals surface area (Å²) >= 11 is -0.146. The van der Waals surface area contributed by atoms with E-state index in [0.717, 1.165) is 6.42 Å². The van der Waals surface area contributed by atoms with Crippen molar-refractivity contribution >= 4 is 11.8 Å². The molecule has 96 valence electrons. The summed E-state index contributed by atoms with van der Waals surface area (Å²) in [6.07, 6.45) is 0.199. The third-order valence-corrected chi connectivity index (χ3v) is 3.38. The Labute approximate surface area is 103 Å². The highest BCUT2D eigenvalue weighted by Gasteiger charge is 2.29. The molecule has 0 amide bonds. The van der Waals surface area contributed by atoms with Crippen LogP contribution < -0.4 is 0 Å². The fourth-order valence-electron chi connectivity index (χ4n) is 1.42. The van der Waals surface area contributed by atoms with Gasteiger partial charge in [-0.3, -0.25) is 0 Å². The molecule has 17 heavy (non-hydrogen) atoms. The summed E-state index contributed by atoms with van der Waals surface area (Å²) < 4.78 is 36.3. The number of hydrogen-bond acceptors (Lipinski definition) is 2. The SMILES string of the molecule is CCC(C)C(O)c1ccc(SC(F)(F)F)cc1. The minimum atomic E-state index is -4.27. The van der Waals surface area contributed by atoms with Crippen molar-refractivity contribution < 1.29 is 18.3 Å². The molecule has 1 nitrogen and oxygen atoms in total. The monoisotopic (exact) mass is 264 g/mol. The predicted octanol–water partition coefficient (Wildman–Crippen LogP) is 4.38. The van der Waals surface area contributed by atoms with Gasteiger partial charge in [-0.25, -0.2) is 0 Å². The number of benzene rings is 1. The van der Waals surface area contributed by atoms with Gasteiger partial charge in [0.2, 0.25) is 0 Å². The molecule has 1 aromatic carbocycles. The second-order valence-electron chi connectivity index (χ2n) is 3.95. The van der Waals surface area contributed by atoms with E-state index >= 15 is 0 Å². The maximum absolute atomic E-state index is 12.1. The number of alkyl halides is 3. The van der Waals surface area contributed by atoms with Crippen molar-refractivity contribution in [2.75, 3.05) is 0 Å². The summed E-state index contributed by atoms with van der Waals surface area (Å²) in [4.78, 5) is 0.137. The molecule has 0 aliphatic heterocycles. The molecule has 5 heteroatoms. The Morgan fingerprint density at radius 2 is 1.76 bits per heavy atom. The van der Waals surface area contributed by atoms with Crippen LogP contribution in [0.2, 0.25) is 0 Å². The molecule has 1 aromatic rings. The van der Waals surface area contributed by atoms with Crippen LogP contribution in [0.25, 0.3) is 0 Å². The molecule has 2 atom stereocenters. The molecule has 0 radical (unpaired) electrons. The molecule has 0 heterocycles. The number of thioether (sulfide) groups is 1. The molecular formula is C12H15F3OS. The average molecular weight is 264 g/mol. The van der Waals surface area contributed by atoms with Crippen molar-refractivity contribution in [3.63, 3.8) is 0 Å². The Hall–Kier alpha value is -0.680. The lowest BCUT2D eigenvalue weighted by molar-refractivity contribution is -0.0328. The number of hydrogen-bond donors (Lipinski definition) is 1. The van der Waals surface area contributed by atoms with Gasteiger partial charge in [0.05, 0.1) is 6.10 Å². The molecule has 0 saturated heterocycles. The number of aliphatic hydroxyl groups is 1. The van der Waals surface area contributed by atoms with Gasteiger partial charge in [-0.15, -0.1) is 0 Å². The van der Waals surface area contributed by atoms with Crippen LogP contribution in [-0.4, -0.2) is 10.6 Å². The van der Waals surface area contributed by atoms with Crippen LogP contribution in [0.3, 0.4) is 0 Å². The molecule has 1 N–H and O–H groups in total. The van der Waals surface area contributed by atoms with Crippen LogP contribution >= 0.6 is 11.8 Å². The van der Waals surface area contributed by atoms with Gasteiger partial charge in [-0.05, 0) is 35.4 Å². The molecule has 0 aliphatic carbocycles. The van der Waals surface area contributed by atoms with Crippen LogP contribution in [0.15, 0.2) is 29.2 Å². The largest absolute Gasteiger partial charge is 0.446 e. The molecule has 2 unspecified atom stereocenters. The molecule has 0 fully saturated rings. The third kappa shape index (κ3) is 4.60. The van der Waals surface area contributed by atoms with Crippen molar-refractivity contribution in [3.05, 3.63) is 29.8 Å². The lowest BCUT2D eigenvalue weighted by Crippen LogP contribution is -2.08. The fourth-order valence-corrected chi connectivity index (χ4v) is 1.96. The smallest absolute Gasteiger partial charge is 0.388 e. The Kier molecular flexibility index (Phi) is 4.89. The summed E-state index contributed by atoms with van der Waals surface area (Å²) in [5.41, 5.74) is -3.61. The van der Waals surface area contributed by atoms with Gasteiger partial charge < -0.3 is 5.11 Å². The van der Waals surface area contributed by atoms with Gasteiger partial charge in [0.25, 0.3) is 0 Å². The maximum atomic E-state index is 12.1. The van der Waals surface area contributed by atoms with Crippen molar-refractivity contribution in [2.45, 2.75) is 36.8 Å². The predicted molar refractivity (Wildman–Crippen MR) is 62.8 cm³/mol. The van der Waals surface area contributed by atoms with Crippen LogP contribution in [0.1, 0.15) is 31.9 Å². The van der Waals surface area contributed by atoms with E-state index in [0.29, 0.717) is 5.56 Å². The highest BCUT2D eigenvalue weighted by molar-refractivity contribution is 8.00. The summed E-state index contributed by atoms with van der Waals surface area (Å²) in [5, 5.41) is 9.88. The van der Waals surface area contributed by atoms with Gasteiger partial charge >= 0.3 is 5.51 Å². The summed E-state index contributed by atoms with van der Waals surface area (Å²) in [6, 6.07) is 5.87. The van der Waals surface area contributed by atoms with Crippen LogP contribution in [0.4, 0.5) is 13.2 Å². The Balaban J connectivity index is 2.74. The van der Waals surface area contributed by atoms with Crippen LogP contribution in [0.5, 0.6) is 0 Å². The lowest BCUT2D eigenvalue weighted by atomic mass is 9.95. The molecule has 0 bridgehead atoms. The number of aliphatic hydroxyl groups excluding tert-OH is 1. The number of rotatable bonds is 4. The highest BCUT2D eigenvalue weighted by atomic mass is 32.2. The van der Waals surface area contributed by atoms with Gasteiger partial charge in [0.15, 0.2) is 0 Å². The van der Waals surface area contributed by atoms with Gasteiger partial charge in [0.1, 0.15) is 0 Å². The van der Waals surface area contributed by atoms with E-state index in [-0.39, 0.29) is 22.6 Å². The van der Waals surface area contributed by atoms with Crippen molar-refractivity contribution in [3.8, 4) is 0 Å². The van der Waals surface area contributed by atoms with E-state index in [2.05, 4.69) is 0 Å². The van der Waals surface area contributed by atoms with Crippen LogP contribution in [0, 0.1) is 5.92 Å². The fraction of sp³-hybridized carbons (Fsp3) is 0.500. The molecule has 1 rings (SSSR count). The first-order valence-corrected chi connectivity index (χ1v) is 6.19.